The normalized spacial score (nSPS) is 18.2. The van der Waals surface area contributed by atoms with Gasteiger partial charge in [0.05, 0.1) is 14.7 Å². The predicted molar refractivity (Wildman–Crippen MR) is 177 cm³/mol. The van der Waals surface area contributed by atoms with Crippen molar-refractivity contribution in [3.8, 4) is 0 Å². The van der Waals surface area contributed by atoms with Crippen LogP contribution < -0.4 is 5.32 Å². The van der Waals surface area contributed by atoms with Crippen LogP contribution in [0, 0.1) is 20.8 Å². The highest BCUT2D eigenvalue weighted by molar-refractivity contribution is 7.89. The molecule has 1 saturated heterocycles. The van der Waals surface area contributed by atoms with Gasteiger partial charge in [-0.25, -0.2) is 25.3 Å². The molecule has 1 heterocycles. The first-order valence-corrected chi connectivity index (χ1v) is 19.5. The quantitative estimate of drug-likeness (QED) is 0.422. The van der Waals surface area contributed by atoms with Gasteiger partial charge in [0.25, 0.3) is 0 Å². The monoisotopic (exact) mass is 676 g/mol. The second-order valence-electron chi connectivity index (χ2n) is 11.5. The first kappa shape index (κ1) is 35.2. The van der Waals surface area contributed by atoms with Crippen molar-refractivity contribution in [3.05, 3.63) is 89.5 Å². The zero-order chi connectivity index (χ0) is 32.7. The number of sulfonamides is 3. The molecule has 0 spiro atoms. The van der Waals surface area contributed by atoms with Gasteiger partial charge in [-0.3, -0.25) is 0 Å². The molecule has 1 N–H and O–H groups in total. The number of hydrogen-bond donors (Lipinski definition) is 1. The highest BCUT2D eigenvalue weighted by atomic mass is 32.2. The van der Waals surface area contributed by atoms with Crippen LogP contribution in [0.15, 0.2) is 87.5 Å². The van der Waals surface area contributed by atoms with Crippen LogP contribution in [0.1, 0.15) is 36.0 Å². The molecule has 13 heteroatoms. The average Bonchev–Trinajstić information content (AvgIpc) is 3.01. The summed E-state index contributed by atoms with van der Waals surface area (Å²) in [7, 11) is -11.7. The van der Waals surface area contributed by atoms with Gasteiger partial charge in [-0.05, 0) is 89.5 Å². The summed E-state index contributed by atoms with van der Waals surface area (Å²) in [6.45, 7) is 7.19. The van der Waals surface area contributed by atoms with Crippen molar-refractivity contribution in [1.29, 1.82) is 0 Å². The van der Waals surface area contributed by atoms with E-state index in [2.05, 4.69) is 5.32 Å². The Labute approximate surface area is 269 Å². The fraction of sp³-hybridized carbons (Fsp3) is 0.438. The third-order valence-corrected chi connectivity index (χ3v) is 13.7. The van der Waals surface area contributed by atoms with Gasteiger partial charge in [-0.1, -0.05) is 53.1 Å². The Kier molecular flexibility index (Phi) is 12.0. The average molecular weight is 677 g/mol. The SMILES string of the molecule is Cc1ccc(S(=O)(=O)N2CCCNCCCN(S(=O)(=O)c3ccc(C)cc3)CCN(S(=O)(=O)c3ccc(C)cc3)CCC2)cc1. The molecule has 0 radical (unpaired) electrons. The minimum atomic E-state index is -4.01. The summed E-state index contributed by atoms with van der Waals surface area (Å²) in [6, 6.07) is 19.9. The summed E-state index contributed by atoms with van der Waals surface area (Å²) in [5.74, 6) is 0. The summed E-state index contributed by atoms with van der Waals surface area (Å²) >= 11 is 0. The Bertz CT molecular complexity index is 1730. The van der Waals surface area contributed by atoms with E-state index in [9.17, 15) is 25.3 Å². The maximum atomic E-state index is 13.9. The second-order valence-corrected chi connectivity index (χ2v) is 17.3. The maximum absolute atomic E-state index is 13.9. The first-order chi connectivity index (χ1) is 21.3. The summed E-state index contributed by atoms with van der Waals surface area (Å²) in [5, 5.41) is 3.30. The molecule has 3 aromatic carbocycles. The van der Waals surface area contributed by atoms with E-state index < -0.39 is 30.1 Å². The molecular weight excluding hydrogens is 633 g/mol. The van der Waals surface area contributed by atoms with Crippen molar-refractivity contribution in [1.82, 2.24) is 18.2 Å². The molecule has 1 fully saturated rings. The molecule has 1 aliphatic heterocycles. The van der Waals surface area contributed by atoms with E-state index in [0.29, 0.717) is 25.9 Å². The molecule has 0 aliphatic carbocycles. The van der Waals surface area contributed by atoms with Gasteiger partial charge in [0.15, 0.2) is 0 Å². The lowest BCUT2D eigenvalue weighted by Gasteiger charge is -2.28. The van der Waals surface area contributed by atoms with Gasteiger partial charge in [0, 0.05) is 39.3 Å². The molecule has 246 valence electrons. The van der Waals surface area contributed by atoms with E-state index >= 15 is 0 Å². The van der Waals surface area contributed by atoms with Crippen molar-refractivity contribution < 1.29 is 25.3 Å². The van der Waals surface area contributed by atoms with Crippen molar-refractivity contribution in [2.24, 2.45) is 0 Å². The lowest BCUT2D eigenvalue weighted by atomic mass is 10.2. The summed E-state index contributed by atoms with van der Waals surface area (Å²) < 4.78 is 86.6. The van der Waals surface area contributed by atoms with Gasteiger partial charge < -0.3 is 5.32 Å². The highest BCUT2D eigenvalue weighted by Gasteiger charge is 2.30. The summed E-state index contributed by atoms with van der Waals surface area (Å²) in [4.78, 5) is 0.455. The van der Waals surface area contributed by atoms with Gasteiger partial charge in [0.2, 0.25) is 30.1 Å². The second kappa shape index (κ2) is 15.3. The molecule has 45 heavy (non-hydrogen) atoms. The summed E-state index contributed by atoms with van der Waals surface area (Å²) in [6.07, 6.45) is 1.28. The van der Waals surface area contributed by atoms with Crippen molar-refractivity contribution >= 4 is 30.1 Å². The lowest BCUT2D eigenvalue weighted by molar-refractivity contribution is 0.327. The number of benzene rings is 3. The molecular formula is C32H44N4O6S3. The number of nitrogens with zero attached hydrogens (tertiary/aromatic N) is 3. The van der Waals surface area contributed by atoms with E-state index in [0.717, 1.165) is 16.7 Å². The standard InChI is InChI=1S/C32H44N4O6S3/c1-27-7-13-30(14-8-27)43(37,38)34-21-4-19-33-20-5-22-35(44(39,40)31-15-9-28(2)10-16-31)25-26-36(24-6-23-34)45(41,42)32-17-11-29(3)12-18-32/h7-18,33H,4-6,19-26H2,1-3H3. The molecule has 0 aromatic heterocycles. The molecule has 0 saturated carbocycles. The maximum Gasteiger partial charge on any atom is 0.243 e. The third kappa shape index (κ3) is 9.00. The van der Waals surface area contributed by atoms with Crippen LogP contribution in [0.5, 0.6) is 0 Å². The number of nitrogens with one attached hydrogen (secondary N) is 1. The third-order valence-electron chi connectivity index (χ3n) is 7.91. The zero-order valence-corrected chi connectivity index (χ0v) is 28.7. The van der Waals surface area contributed by atoms with Crippen molar-refractivity contribution in [2.75, 3.05) is 52.4 Å². The molecule has 1 aliphatic rings. The van der Waals surface area contributed by atoms with Crippen LogP contribution in [0.3, 0.4) is 0 Å². The fourth-order valence-corrected chi connectivity index (χ4v) is 9.62. The van der Waals surface area contributed by atoms with Gasteiger partial charge >= 0.3 is 0 Å². The molecule has 0 atom stereocenters. The van der Waals surface area contributed by atoms with E-state index in [1.807, 2.05) is 20.8 Å². The Balaban J connectivity index is 1.64. The first-order valence-electron chi connectivity index (χ1n) is 15.2. The molecule has 0 amide bonds. The van der Waals surface area contributed by atoms with Crippen LogP contribution in [-0.4, -0.2) is 90.5 Å². The van der Waals surface area contributed by atoms with Gasteiger partial charge in [0.1, 0.15) is 0 Å². The number of rotatable bonds is 6. The number of aryl methyl sites for hydroxylation is 3. The minimum Gasteiger partial charge on any atom is -0.317 e. The molecule has 0 bridgehead atoms. The van der Waals surface area contributed by atoms with Crippen LogP contribution in [0.4, 0.5) is 0 Å². The molecule has 4 rings (SSSR count). The van der Waals surface area contributed by atoms with Gasteiger partial charge in [-0.2, -0.15) is 12.9 Å². The van der Waals surface area contributed by atoms with Crippen LogP contribution in [-0.2, 0) is 30.1 Å². The molecule has 3 aromatic rings. The Morgan fingerprint density at radius 1 is 0.422 bits per heavy atom. The Morgan fingerprint density at radius 2 is 0.689 bits per heavy atom. The van der Waals surface area contributed by atoms with E-state index in [1.54, 1.807) is 72.8 Å². The molecule has 0 unspecified atom stereocenters. The van der Waals surface area contributed by atoms with E-state index in [-0.39, 0.29) is 60.4 Å². The van der Waals surface area contributed by atoms with Gasteiger partial charge in [-0.15, -0.1) is 0 Å². The van der Waals surface area contributed by atoms with E-state index in [4.69, 9.17) is 0 Å². The van der Waals surface area contributed by atoms with E-state index in [1.165, 1.54) is 12.9 Å². The number of hydrogen-bond acceptors (Lipinski definition) is 7. The topological polar surface area (TPSA) is 124 Å². The van der Waals surface area contributed by atoms with Crippen molar-refractivity contribution in [3.63, 3.8) is 0 Å². The van der Waals surface area contributed by atoms with Crippen LogP contribution >= 0.6 is 0 Å². The smallest absolute Gasteiger partial charge is 0.243 e. The van der Waals surface area contributed by atoms with Crippen LogP contribution in [0.2, 0.25) is 0 Å². The van der Waals surface area contributed by atoms with Crippen molar-refractivity contribution in [2.45, 2.75) is 54.7 Å². The van der Waals surface area contributed by atoms with Crippen LogP contribution in [0.25, 0.3) is 0 Å². The largest absolute Gasteiger partial charge is 0.317 e. The predicted octanol–water partition coefficient (Wildman–Crippen LogP) is 3.76. The Morgan fingerprint density at radius 3 is 1.00 bits per heavy atom. The lowest BCUT2D eigenvalue weighted by Crippen LogP contribution is -2.43. The summed E-state index contributed by atoms with van der Waals surface area (Å²) in [5.41, 5.74) is 2.79. The zero-order valence-electron chi connectivity index (χ0n) is 26.2. The minimum absolute atomic E-state index is 0.0206. The fourth-order valence-electron chi connectivity index (χ4n) is 5.17. The molecule has 10 nitrogen and oxygen atoms in total. The Hall–Kier alpha value is -2.65. The highest BCUT2D eigenvalue weighted by Crippen LogP contribution is 2.22.